The molecular weight excluding hydrogens is 329 g/mol. The van der Waals surface area contributed by atoms with Crippen molar-refractivity contribution >= 4 is 23.3 Å². The molecule has 0 fully saturated rings. The molecule has 2 aromatic carbocycles. The van der Waals surface area contributed by atoms with Gasteiger partial charge in [0.2, 0.25) is 0 Å². The molecule has 0 aliphatic carbocycles. The van der Waals surface area contributed by atoms with E-state index in [1.807, 2.05) is 19.1 Å². The van der Waals surface area contributed by atoms with Crippen molar-refractivity contribution in [2.24, 2.45) is 0 Å². The van der Waals surface area contributed by atoms with Crippen LogP contribution in [0.4, 0.5) is 10.2 Å². The second-order valence-electron chi connectivity index (χ2n) is 5.48. The molecule has 1 amide bonds. The van der Waals surface area contributed by atoms with E-state index in [0.29, 0.717) is 17.1 Å². The number of amides is 1. The first kappa shape index (κ1) is 16.2. The van der Waals surface area contributed by atoms with Gasteiger partial charge in [-0.05, 0) is 36.8 Å². The normalized spacial score (nSPS) is 10.6. The number of halogens is 2. The zero-order valence-electron chi connectivity index (χ0n) is 13.0. The summed E-state index contributed by atoms with van der Waals surface area (Å²) in [7, 11) is 0. The van der Waals surface area contributed by atoms with E-state index >= 15 is 0 Å². The van der Waals surface area contributed by atoms with Crippen LogP contribution in [-0.4, -0.2) is 15.7 Å². The smallest absolute Gasteiger partial charge is 0.256 e. The first-order chi connectivity index (χ1) is 11.5. The molecule has 1 N–H and O–H groups in total. The maximum absolute atomic E-state index is 13.2. The maximum atomic E-state index is 13.2. The molecule has 3 aromatic rings. The standard InChI is InChI=1S/C18H15ClFN3O/c1-12-4-2-6-14(8-12)18(24)21-17-16(19)11-23(22-17)10-13-5-3-7-15(20)9-13/h2-9,11H,10H2,1H3,(H,21,22,24). The van der Waals surface area contributed by atoms with Crippen molar-refractivity contribution in [3.05, 3.63) is 82.3 Å². The molecule has 0 unspecified atom stereocenters. The highest BCUT2D eigenvalue weighted by atomic mass is 35.5. The molecule has 0 saturated heterocycles. The highest BCUT2D eigenvalue weighted by Crippen LogP contribution is 2.21. The minimum absolute atomic E-state index is 0.277. The van der Waals surface area contributed by atoms with Crippen LogP contribution in [0.25, 0.3) is 0 Å². The molecule has 0 atom stereocenters. The predicted molar refractivity (Wildman–Crippen MR) is 91.9 cm³/mol. The Hall–Kier alpha value is -2.66. The van der Waals surface area contributed by atoms with E-state index in [2.05, 4.69) is 10.4 Å². The van der Waals surface area contributed by atoms with Crippen LogP contribution in [0, 0.1) is 12.7 Å². The van der Waals surface area contributed by atoms with Crippen LogP contribution in [0.3, 0.4) is 0 Å². The lowest BCUT2D eigenvalue weighted by Gasteiger charge is -2.04. The zero-order chi connectivity index (χ0) is 17.1. The van der Waals surface area contributed by atoms with E-state index in [9.17, 15) is 9.18 Å². The summed E-state index contributed by atoms with van der Waals surface area (Å²) in [6, 6.07) is 13.5. The third kappa shape index (κ3) is 3.81. The summed E-state index contributed by atoms with van der Waals surface area (Å²) in [5.41, 5.74) is 2.28. The van der Waals surface area contributed by atoms with Crippen molar-refractivity contribution in [1.82, 2.24) is 9.78 Å². The quantitative estimate of drug-likeness (QED) is 0.768. The van der Waals surface area contributed by atoms with Crippen LogP contribution in [0.15, 0.2) is 54.7 Å². The number of hydrogen-bond acceptors (Lipinski definition) is 2. The van der Waals surface area contributed by atoms with Gasteiger partial charge in [-0.1, -0.05) is 41.4 Å². The van der Waals surface area contributed by atoms with Gasteiger partial charge in [-0.15, -0.1) is 0 Å². The summed E-state index contributed by atoms with van der Waals surface area (Å²) in [6.45, 7) is 2.27. The van der Waals surface area contributed by atoms with Crippen molar-refractivity contribution in [1.29, 1.82) is 0 Å². The second-order valence-corrected chi connectivity index (χ2v) is 5.88. The molecule has 0 aliphatic rings. The van der Waals surface area contributed by atoms with E-state index in [4.69, 9.17) is 11.6 Å². The highest BCUT2D eigenvalue weighted by Gasteiger charge is 2.12. The van der Waals surface area contributed by atoms with Gasteiger partial charge in [-0.3, -0.25) is 9.48 Å². The average molecular weight is 344 g/mol. The van der Waals surface area contributed by atoms with Gasteiger partial charge in [0.1, 0.15) is 10.8 Å². The fourth-order valence-electron chi connectivity index (χ4n) is 2.35. The number of carbonyl (C=O) groups excluding carboxylic acids is 1. The van der Waals surface area contributed by atoms with Gasteiger partial charge in [-0.2, -0.15) is 5.10 Å². The van der Waals surface area contributed by atoms with Crippen molar-refractivity contribution < 1.29 is 9.18 Å². The van der Waals surface area contributed by atoms with Crippen LogP contribution < -0.4 is 5.32 Å². The van der Waals surface area contributed by atoms with Crippen LogP contribution in [0.5, 0.6) is 0 Å². The SMILES string of the molecule is Cc1cccc(C(=O)Nc2nn(Cc3cccc(F)c3)cc2Cl)c1. The number of aromatic nitrogens is 2. The Labute approximate surface area is 143 Å². The molecule has 1 aromatic heterocycles. The molecule has 0 aliphatic heterocycles. The topological polar surface area (TPSA) is 46.9 Å². The van der Waals surface area contributed by atoms with Crippen molar-refractivity contribution in [3.8, 4) is 0 Å². The van der Waals surface area contributed by atoms with E-state index in [1.54, 1.807) is 35.1 Å². The molecule has 0 radical (unpaired) electrons. The molecule has 1 heterocycles. The summed E-state index contributed by atoms with van der Waals surface area (Å²) in [4.78, 5) is 12.3. The van der Waals surface area contributed by atoms with E-state index in [1.165, 1.54) is 12.1 Å². The van der Waals surface area contributed by atoms with Crippen LogP contribution in [0.2, 0.25) is 5.02 Å². The molecule has 24 heavy (non-hydrogen) atoms. The molecule has 122 valence electrons. The lowest BCUT2D eigenvalue weighted by molar-refractivity contribution is 0.102. The molecular formula is C18H15ClFN3O. The predicted octanol–water partition coefficient (Wildman–Crippen LogP) is 4.28. The van der Waals surface area contributed by atoms with Crippen LogP contribution >= 0.6 is 11.6 Å². The molecule has 0 spiro atoms. The number of aryl methyl sites for hydroxylation is 1. The number of nitrogens with one attached hydrogen (secondary N) is 1. The first-order valence-electron chi connectivity index (χ1n) is 7.37. The number of hydrogen-bond donors (Lipinski definition) is 1. The van der Waals surface area contributed by atoms with E-state index in [-0.39, 0.29) is 17.5 Å². The molecule has 6 heteroatoms. The third-order valence-corrected chi connectivity index (χ3v) is 3.74. The number of anilines is 1. The lowest BCUT2D eigenvalue weighted by atomic mass is 10.1. The molecule has 4 nitrogen and oxygen atoms in total. The Balaban J connectivity index is 1.75. The zero-order valence-corrected chi connectivity index (χ0v) is 13.7. The number of benzene rings is 2. The summed E-state index contributed by atoms with van der Waals surface area (Å²) >= 11 is 6.13. The average Bonchev–Trinajstić information content (AvgIpc) is 2.86. The Kier molecular flexibility index (Phi) is 4.62. The minimum Gasteiger partial charge on any atom is -0.304 e. The van der Waals surface area contributed by atoms with Gasteiger partial charge in [0.05, 0.1) is 6.54 Å². The molecule has 0 bridgehead atoms. The number of nitrogens with zero attached hydrogens (tertiary/aromatic N) is 2. The minimum atomic E-state index is -0.307. The monoisotopic (exact) mass is 343 g/mol. The van der Waals surface area contributed by atoms with Crippen molar-refractivity contribution in [2.75, 3.05) is 5.32 Å². The Morgan fingerprint density at radius 2 is 2.04 bits per heavy atom. The van der Waals surface area contributed by atoms with Crippen molar-refractivity contribution in [3.63, 3.8) is 0 Å². The van der Waals surface area contributed by atoms with Gasteiger partial charge in [-0.25, -0.2) is 4.39 Å². The van der Waals surface area contributed by atoms with Gasteiger partial charge in [0.25, 0.3) is 5.91 Å². The number of rotatable bonds is 4. The van der Waals surface area contributed by atoms with E-state index < -0.39 is 0 Å². The third-order valence-electron chi connectivity index (χ3n) is 3.46. The van der Waals surface area contributed by atoms with Gasteiger partial charge in [0, 0.05) is 11.8 Å². The summed E-state index contributed by atoms with van der Waals surface area (Å²) in [5, 5.41) is 7.27. The van der Waals surface area contributed by atoms with Crippen LogP contribution in [0.1, 0.15) is 21.5 Å². The maximum Gasteiger partial charge on any atom is 0.256 e. The summed E-state index contributed by atoms with van der Waals surface area (Å²) in [6.07, 6.45) is 1.60. The Morgan fingerprint density at radius 3 is 2.79 bits per heavy atom. The van der Waals surface area contributed by atoms with Gasteiger partial charge < -0.3 is 5.32 Å². The fourth-order valence-corrected chi connectivity index (χ4v) is 2.55. The second kappa shape index (κ2) is 6.84. The molecule has 3 rings (SSSR count). The lowest BCUT2D eigenvalue weighted by Crippen LogP contribution is -2.13. The largest absolute Gasteiger partial charge is 0.304 e. The fraction of sp³-hybridized carbons (Fsp3) is 0.111. The van der Waals surface area contributed by atoms with Gasteiger partial charge in [0.15, 0.2) is 5.82 Å². The van der Waals surface area contributed by atoms with Crippen molar-refractivity contribution in [2.45, 2.75) is 13.5 Å². The first-order valence-corrected chi connectivity index (χ1v) is 7.74. The van der Waals surface area contributed by atoms with Gasteiger partial charge >= 0.3 is 0 Å². The summed E-state index contributed by atoms with van der Waals surface area (Å²) < 4.78 is 14.8. The molecule has 0 saturated carbocycles. The number of carbonyl (C=O) groups is 1. The van der Waals surface area contributed by atoms with Crippen LogP contribution in [-0.2, 0) is 6.54 Å². The highest BCUT2D eigenvalue weighted by molar-refractivity contribution is 6.33. The van der Waals surface area contributed by atoms with E-state index in [0.717, 1.165) is 11.1 Å². The summed E-state index contributed by atoms with van der Waals surface area (Å²) in [5.74, 6) is -0.310. The Bertz CT molecular complexity index is 891. The Morgan fingerprint density at radius 1 is 1.25 bits per heavy atom.